The van der Waals surface area contributed by atoms with Crippen LogP contribution in [-0.2, 0) is 19.8 Å². The molecule has 4 aromatic rings. The SMILES string of the molecule is CCn1nc(C)c(C(F)(F)F)c1-c1nnc(-c2cc(C(N)=O)cc3c2cnn3C)[nH]1. The van der Waals surface area contributed by atoms with Crippen molar-refractivity contribution >= 4 is 16.8 Å². The largest absolute Gasteiger partial charge is 0.420 e. The predicted molar refractivity (Wildman–Crippen MR) is 101 cm³/mol. The number of primary amides is 1. The normalized spacial score (nSPS) is 12.1. The molecule has 0 aliphatic carbocycles. The number of fused-ring (bicyclic) bond motifs is 1. The number of nitrogens with zero attached hydrogens (tertiary/aromatic N) is 6. The van der Waals surface area contributed by atoms with Crippen LogP contribution in [0.2, 0.25) is 0 Å². The molecule has 0 bridgehead atoms. The van der Waals surface area contributed by atoms with E-state index in [-0.39, 0.29) is 35.1 Å². The third kappa shape index (κ3) is 3.00. The van der Waals surface area contributed by atoms with E-state index in [4.69, 9.17) is 5.73 Å². The van der Waals surface area contributed by atoms with Gasteiger partial charge in [-0.05, 0) is 26.0 Å². The van der Waals surface area contributed by atoms with E-state index in [1.165, 1.54) is 17.7 Å². The average Bonchev–Trinajstić information content (AvgIpc) is 3.37. The topological polar surface area (TPSA) is 120 Å². The maximum Gasteiger partial charge on any atom is 0.420 e. The van der Waals surface area contributed by atoms with Crippen molar-refractivity contribution < 1.29 is 18.0 Å². The van der Waals surface area contributed by atoms with Crippen LogP contribution in [-0.4, -0.2) is 40.6 Å². The van der Waals surface area contributed by atoms with Crippen LogP contribution in [0.4, 0.5) is 13.2 Å². The van der Waals surface area contributed by atoms with E-state index in [0.29, 0.717) is 16.5 Å². The Labute approximate surface area is 167 Å². The highest BCUT2D eigenvalue weighted by Gasteiger charge is 2.40. The summed E-state index contributed by atoms with van der Waals surface area (Å²) in [6.45, 7) is 3.19. The number of hydrogen-bond donors (Lipinski definition) is 2. The van der Waals surface area contributed by atoms with Gasteiger partial charge in [0.2, 0.25) is 5.91 Å². The molecule has 0 radical (unpaired) electrons. The van der Waals surface area contributed by atoms with Gasteiger partial charge in [-0.2, -0.15) is 23.4 Å². The van der Waals surface area contributed by atoms with Gasteiger partial charge in [-0.25, -0.2) is 0 Å². The van der Waals surface area contributed by atoms with Crippen molar-refractivity contribution in [2.45, 2.75) is 26.6 Å². The number of hydrogen-bond acceptors (Lipinski definition) is 5. The predicted octanol–water partition coefficient (Wildman–Crippen LogP) is 2.67. The smallest absolute Gasteiger partial charge is 0.366 e. The van der Waals surface area contributed by atoms with Gasteiger partial charge >= 0.3 is 6.18 Å². The Kier molecular flexibility index (Phi) is 4.36. The van der Waals surface area contributed by atoms with E-state index in [1.807, 2.05) is 0 Å². The van der Waals surface area contributed by atoms with Gasteiger partial charge in [-0.15, -0.1) is 10.2 Å². The number of rotatable bonds is 4. The van der Waals surface area contributed by atoms with Crippen LogP contribution in [0.25, 0.3) is 33.8 Å². The first-order chi connectivity index (χ1) is 14.1. The molecule has 3 aromatic heterocycles. The van der Waals surface area contributed by atoms with Crippen LogP contribution < -0.4 is 5.73 Å². The van der Waals surface area contributed by atoms with Crippen LogP contribution >= 0.6 is 0 Å². The van der Waals surface area contributed by atoms with E-state index in [0.717, 1.165) is 0 Å². The highest BCUT2D eigenvalue weighted by Crippen LogP contribution is 2.39. The molecule has 4 rings (SSSR count). The Hall–Kier alpha value is -3.70. The summed E-state index contributed by atoms with van der Waals surface area (Å²) in [6.07, 6.45) is -3.04. The fourth-order valence-corrected chi connectivity index (χ4v) is 3.47. The molecule has 3 N–H and O–H groups in total. The summed E-state index contributed by atoms with van der Waals surface area (Å²) in [5.74, 6) is -0.555. The molecule has 0 saturated carbocycles. The van der Waals surface area contributed by atoms with Gasteiger partial charge in [0.05, 0.1) is 17.4 Å². The van der Waals surface area contributed by atoms with Crippen LogP contribution in [0, 0.1) is 6.92 Å². The van der Waals surface area contributed by atoms with Gasteiger partial charge in [-0.1, -0.05) is 0 Å². The molecule has 12 heteroatoms. The number of alkyl halides is 3. The number of aromatic nitrogens is 7. The lowest BCUT2D eigenvalue weighted by Gasteiger charge is -2.08. The van der Waals surface area contributed by atoms with Gasteiger partial charge in [0.15, 0.2) is 11.6 Å². The number of amides is 1. The molecule has 0 saturated heterocycles. The number of benzene rings is 1. The zero-order valence-electron chi connectivity index (χ0n) is 16.2. The lowest BCUT2D eigenvalue weighted by Crippen LogP contribution is -2.11. The molecule has 0 fully saturated rings. The van der Waals surface area contributed by atoms with Crippen LogP contribution in [0.15, 0.2) is 18.3 Å². The first-order valence-corrected chi connectivity index (χ1v) is 8.95. The molecule has 9 nitrogen and oxygen atoms in total. The summed E-state index contributed by atoms with van der Waals surface area (Å²) in [5.41, 5.74) is 5.48. The fraction of sp³-hybridized carbons (Fsp3) is 0.278. The molecular weight excluding hydrogens is 401 g/mol. The molecule has 0 aliphatic heterocycles. The highest BCUT2D eigenvalue weighted by molar-refractivity contribution is 6.02. The Morgan fingerprint density at radius 1 is 1.23 bits per heavy atom. The van der Waals surface area contributed by atoms with Crippen LogP contribution in [0.5, 0.6) is 0 Å². The molecule has 156 valence electrons. The van der Waals surface area contributed by atoms with Gasteiger partial charge in [-0.3, -0.25) is 14.2 Å². The minimum atomic E-state index is -4.61. The lowest BCUT2D eigenvalue weighted by molar-refractivity contribution is -0.137. The van der Waals surface area contributed by atoms with Crippen molar-refractivity contribution in [3.8, 4) is 22.9 Å². The second-order valence-electron chi connectivity index (χ2n) is 6.73. The Balaban J connectivity index is 1.93. The number of H-pyrrole nitrogens is 1. The molecule has 0 aliphatic rings. The number of nitrogens with two attached hydrogens (primary N) is 1. The number of carbonyl (C=O) groups excluding carboxylic acids is 1. The van der Waals surface area contributed by atoms with Gasteiger partial charge in [0.25, 0.3) is 0 Å². The molecule has 0 atom stereocenters. The van der Waals surface area contributed by atoms with Gasteiger partial charge in [0.1, 0.15) is 11.3 Å². The van der Waals surface area contributed by atoms with Crippen molar-refractivity contribution in [3.63, 3.8) is 0 Å². The number of aryl methyl sites for hydroxylation is 3. The first kappa shape index (κ1) is 19.6. The molecular formula is C18H17F3N8O. The number of halogens is 3. The first-order valence-electron chi connectivity index (χ1n) is 8.95. The van der Waals surface area contributed by atoms with Crippen molar-refractivity contribution in [2.24, 2.45) is 12.8 Å². The maximum atomic E-state index is 13.6. The third-order valence-electron chi connectivity index (χ3n) is 4.83. The molecule has 0 unspecified atom stereocenters. The Morgan fingerprint density at radius 3 is 2.57 bits per heavy atom. The molecule has 3 heterocycles. The zero-order chi connectivity index (χ0) is 21.8. The number of nitrogens with one attached hydrogen (secondary N) is 1. The summed E-state index contributed by atoms with van der Waals surface area (Å²) in [7, 11) is 1.70. The average molecular weight is 418 g/mol. The summed E-state index contributed by atoms with van der Waals surface area (Å²) >= 11 is 0. The van der Waals surface area contributed by atoms with Crippen LogP contribution in [0.3, 0.4) is 0 Å². The van der Waals surface area contributed by atoms with E-state index in [9.17, 15) is 18.0 Å². The lowest BCUT2D eigenvalue weighted by atomic mass is 10.0. The highest BCUT2D eigenvalue weighted by atomic mass is 19.4. The molecule has 1 aromatic carbocycles. The van der Waals surface area contributed by atoms with Gasteiger partial charge < -0.3 is 10.7 Å². The second kappa shape index (κ2) is 6.68. The maximum absolute atomic E-state index is 13.6. The van der Waals surface area contributed by atoms with Crippen LogP contribution in [0.1, 0.15) is 28.5 Å². The second-order valence-corrected chi connectivity index (χ2v) is 6.73. The van der Waals surface area contributed by atoms with Gasteiger partial charge in [0, 0.05) is 30.1 Å². The van der Waals surface area contributed by atoms with Crippen molar-refractivity contribution in [3.05, 3.63) is 35.2 Å². The van der Waals surface area contributed by atoms with E-state index < -0.39 is 17.6 Å². The summed E-state index contributed by atoms with van der Waals surface area (Å²) < 4.78 is 43.7. The third-order valence-corrected chi connectivity index (χ3v) is 4.83. The molecule has 30 heavy (non-hydrogen) atoms. The zero-order valence-corrected chi connectivity index (χ0v) is 16.2. The minimum absolute atomic E-state index is 0.0821. The molecule has 0 spiro atoms. The van der Waals surface area contributed by atoms with E-state index >= 15 is 0 Å². The minimum Gasteiger partial charge on any atom is -0.366 e. The number of aromatic amines is 1. The summed E-state index contributed by atoms with van der Waals surface area (Å²) in [4.78, 5) is 14.6. The van der Waals surface area contributed by atoms with Crippen molar-refractivity contribution in [2.75, 3.05) is 0 Å². The monoisotopic (exact) mass is 418 g/mol. The fourth-order valence-electron chi connectivity index (χ4n) is 3.47. The van der Waals surface area contributed by atoms with Crippen molar-refractivity contribution in [1.82, 2.24) is 34.7 Å². The quantitative estimate of drug-likeness (QED) is 0.528. The van der Waals surface area contributed by atoms with E-state index in [1.54, 1.807) is 30.9 Å². The summed E-state index contributed by atoms with van der Waals surface area (Å²) in [6, 6.07) is 3.09. The van der Waals surface area contributed by atoms with E-state index in [2.05, 4.69) is 25.4 Å². The number of carbonyl (C=O) groups is 1. The Morgan fingerprint density at radius 2 is 1.93 bits per heavy atom. The summed E-state index contributed by atoms with van der Waals surface area (Å²) in [5, 5.41) is 16.7. The standard InChI is InChI=1S/C18H17F3N8O/c1-4-29-14(13(8(2)27-29)18(19,20)21)17-24-16(25-26-17)10-5-9(15(22)30)6-12-11(10)7-23-28(12)3/h5-7H,4H2,1-3H3,(H2,22,30)(H,24,25,26). The van der Waals surface area contributed by atoms with Crippen molar-refractivity contribution in [1.29, 1.82) is 0 Å². The Bertz CT molecular complexity index is 1280. The molecule has 1 amide bonds.